The van der Waals surface area contributed by atoms with Crippen molar-refractivity contribution in [3.63, 3.8) is 0 Å². The van der Waals surface area contributed by atoms with Crippen molar-refractivity contribution in [1.29, 1.82) is 0 Å². The van der Waals surface area contributed by atoms with Crippen LogP contribution in [0, 0.1) is 6.92 Å². The average molecular weight is 264 g/mol. The molecule has 0 aliphatic carbocycles. The highest BCUT2D eigenvalue weighted by molar-refractivity contribution is 6.30. The summed E-state index contributed by atoms with van der Waals surface area (Å²) >= 11 is 5.95. The van der Waals surface area contributed by atoms with Crippen LogP contribution in [0.3, 0.4) is 0 Å². The number of aromatic nitrogens is 2. The van der Waals surface area contributed by atoms with E-state index in [1.807, 2.05) is 42.2 Å². The Morgan fingerprint density at radius 2 is 2.22 bits per heavy atom. The normalized spacial score (nSPS) is 12.7. The summed E-state index contributed by atoms with van der Waals surface area (Å²) < 4.78 is 1.91. The van der Waals surface area contributed by atoms with Crippen LogP contribution >= 0.6 is 11.6 Å². The number of nitrogens with zero attached hydrogens (tertiary/aromatic N) is 2. The Morgan fingerprint density at radius 1 is 1.44 bits per heavy atom. The Labute approximate surface area is 113 Å². The Hall–Kier alpha value is -1.32. The number of nitrogens with two attached hydrogens (primary N) is 1. The SMILES string of the molecule is CCn1cc(CC(N)c2ccc(Cl)cc2C)cn1. The fraction of sp³-hybridized carbons (Fsp3) is 0.357. The first-order chi connectivity index (χ1) is 8.60. The van der Waals surface area contributed by atoms with Crippen LogP contribution in [0.25, 0.3) is 0 Å². The van der Waals surface area contributed by atoms with Crippen LogP contribution in [0.5, 0.6) is 0 Å². The van der Waals surface area contributed by atoms with Crippen molar-refractivity contribution in [2.24, 2.45) is 5.73 Å². The van der Waals surface area contributed by atoms with Crippen LogP contribution in [0.1, 0.15) is 29.7 Å². The third-order valence-electron chi connectivity index (χ3n) is 3.10. The molecule has 1 aromatic carbocycles. The second-order valence-electron chi connectivity index (χ2n) is 4.52. The molecule has 4 heteroatoms. The maximum absolute atomic E-state index is 6.25. The zero-order valence-electron chi connectivity index (χ0n) is 10.7. The van der Waals surface area contributed by atoms with Gasteiger partial charge in [0.05, 0.1) is 6.20 Å². The first-order valence-corrected chi connectivity index (χ1v) is 6.51. The number of hydrogen-bond donors (Lipinski definition) is 1. The molecule has 0 saturated heterocycles. The number of aryl methyl sites for hydroxylation is 2. The summed E-state index contributed by atoms with van der Waals surface area (Å²) in [6, 6.07) is 5.83. The number of hydrogen-bond acceptors (Lipinski definition) is 2. The van der Waals surface area contributed by atoms with Crippen LogP contribution in [0.2, 0.25) is 5.02 Å². The van der Waals surface area contributed by atoms with Crippen molar-refractivity contribution < 1.29 is 0 Å². The summed E-state index contributed by atoms with van der Waals surface area (Å²) in [6.45, 7) is 4.99. The largest absolute Gasteiger partial charge is 0.324 e. The number of rotatable bonds is 4. The molecule has 2 aromatic rings. The molecule has 0 aliphatic heterocycles. The Morgan fingerprint density at radius 3 is 2.83 bits per heavy atom. The van der Waals surface area contributed by atoms with E-state index in [0.717, 1.165) is 29.1 Å². The summed E-state index contributed by atoms with van der Waals surface area (Å²) in [6.07, 6.45) is 4.72. The van der Waals surface area contributed by atoms with E-state index in [1.165, 1.54) is 5.56 Å². The molecule has 1 atom stereocenters. The van der Waals surface area contributed by atoms with E-state index in [-0.39, 0.29) is 6.04 Å². The Kier molecular flexibility index (Phi) is 4.04. The van der Waals surface area contributed by atoms with E-state index in [2.05, 4.69) is 12.0 Å². The van der Waals surface area contributed by atoms with E-state index in [9.17, 15) is 0 Å². The topological polar surface area (TPSA) is 43.8 Å². The summed E-state index contributed by atoms with van der Waals surface area (Å²) in [5.41, 5.74) is 9.69. The average Bonchev–Trinajstić information content (AvgIpc) is 2.76. The van der Waals surface area contributed by atoms with Gasteiger partial charge < -0.3 is 5.73 Å². The van der Waals surface area contributed by atoms with E-state index < -0.39 is 0 Å². The van der Waals surface area contributed by atoms with Crippen molar-refractivity contribution in [3.8, 4) is 0 Å². The molecule has 1 aromatic heterocycles. The number of halogens is 1. The monoisotopic (exact) mass is 263 g/mol. The highest BCUT2D eigenvalue weighted by atomic mass is 35.5. The molecule has 0 radical (unpaired) electrons. The lowest BCUT2D eigenvalue weighted by atomic mass is 9.97. The van der Waals surface area contributed by atoms with Crippen LogP contribution in [-0.2, 0) is 13.0 Å². The number of benzene rings is 1. The zero-order chi connectivity index (χ0) is 13.1. The molecule has 0 bridgehead atoms. The van der Waals surface area contributed by atoms with Crippen molar-refractivity contribution in [1.82, 2.24) is 9.78 Å². The van der Waals surface area contributed by atoms with Crippen LogP contribution in [0.4, 0.5) is 0 Å². The second-order valence-corrected chi connectivity index (χ2v) is 4.95. The molecule has 18 heavy (non-hydrogen) atoms. The highest BCUT2D eigenvalue weighted by Crippen LogP contribution is 2.22. The van der Waals surface area contributed by atoms with Gasteiger partial charge in [-0.2, -0.15) is 5.10 Å². The molecule has 1 heterocycles. The van der Waals surface area contributed by atoms with Gasteiger partial charge in [0, 0.05) is 23.8 Å². The summed E-state index contributed by atoms with van der Waals surface area (Å²) in [5, 5.41) is 5.01. The first-order valence-electron chi connectivity index (χ1n) is 6.13. The summed E-state index contributed by atoms with van der Waals surface area (Å²) in [7, 11) is 0. The molecule has 3 nitrogen and oxygen atoms in total. The van der Waals surface area contributed by atoms with E-state index in [0.29, 0.717) is 0 Å². The van der Waals surface area contributed by atoms with Crippen LogP contribution in [-0.4, -0.2) is 9.78 Å². The van der Waals surface area contributed by atoms with Crippen molar-refractivity contribution in [2.45, 2.75) is 32.9 Å². The maximum Gasteiger partial charge on any atom is 0.0522 e. The van der Waals surface area contributed by atoms with Crippen LogP contribution in [0.15, 0.2) is 30.6 Å². The molecule has 0 saturated carbocycles. The van der Waals surface area contributed by atoms with Gasteiger partial charge in [0.2, 0.25) is 0 Å². The van der Waals surface area contributed by atoms with Crippen molar-refractivity contribution in [2.75, 3.05) is 0 Å². The third-order valence-corrected chi connectivity index (χ3v) is 3.33. The van der Waals surface area contributed by atoms with Crippen molar-refractivity contribution >= 4 is 11.6 Å². The first kappa shape index (κ1) is 13.1. The Balaban J connectivity index is 2.13. The van der Waals surface area contributed by atoms with Gasteiger partial charge >= 0.3 is 0 Å². The van der Waals surface area contributed by atoms with Gasteiger partial charge in [-0.25, -0.2) is 0 Å². The minimum atomic E-state index is -0.0169. The summed E-state index contributed by atoms with van der Waals surface area (Å²) in [4.78, 5) is 0. The predicted molar refractivity (Wildman–Crippen MR) is 74.7 cm³/mol. The van der Waals surface area contributed by atoms with E-state index in [4.69, 9.17) is 17.3 Å². The molecule has 0 fully saturated rings. The molecule has 0 aliphatic rings. The standard InChI is InChI=1S/C14H18ClN3/c1-3-18-9-11(8-17-18)7-14(16)13-5-4-12(15)6-10(13)2/h4-6,8-9,14H,3,7,16H2,1-2H3. The third kappa shape index (κ3) is 2.92. The smallest absolute Gasteiger partial charge is 0.0522 e. The summed E-state index contributed by atoms with van der Waals surface area (Å²) in [5.74, 6) is 0. The molecule has 0 spiro atoms. The molecule has 1 unspecified atom stereocenters. The lowest BCUT2D eigenvalue weighted by Crippen LogP contribution is -2.14. The molecule has 2 N–H and O–H groups in total. The van der Waals surface area contributed by atoms with Gasteiger partial charge in [-0.15, -0.1) is 0 Å². The minimum absolute atomic E-state index is 0.0169. The van der Waals surface area contributed by atoms with Gasteiger partial charge in [-0.05, 0) is 49.1 Å². The van der Waals surface area contributed by atoms with Gasteiger partial charge in [0.25, 0.3) is 0 Å². The van der Waals surface area contributed by atoms with Crippen molar-refractivity contribution in [3.05, 3.63) is 52.3 Å². The quantitative estimate of drug-likeness (QED) is 0.921. The molecule has 96 valence electrons. The fourth-order valence-electron chi connectivity index (χ4n) is 2.10. The van der Waals surface area contributed by atoms with Gasteiger partial charge in [0.15, 0.2) is 0 Å². The molecular weight excluding hydrogens is 246 g/mol. The minimum Gasteiger partial charge on any atom is -0.324 e. The lowest BCUT2D eigenvalue weighted by molar-refractivity contribution is 0.657. The van der Waals surface area contributed by atoms with Gasteiger partial charge in [-0.1, -0.05) is 17.7 Å². The van der Waals surface area contributed by atoms with E-state index >= 15 is 0 Å². The maximum atomic E-state index is 6.25. The fourth-order valence-corrected chi connectivity index (χ4v) is 2.33. The predicted octanol–water partition coefficient (Wildman–Crippen LogP) is 3.11. The lowest BCUT2D eigenvalue weighted by Gasteiger charge is -2.14. The molecule has 0 amide bonds. The van der Waals surface area contributed by atoms with Crippen LogP contribution < -0.4 is 5.73 Å². The second kappa shape index (κ2) is 5.55. The zero-order valence-corrected chi connectivity index (χ0v) is 11.5. The van der Waals surface area contributed by atoms with Gasteiger partial charge in [-0.3, -0.25) is 4.68 Å². The molecule has 2 rings (SSSR count). The Bertz CT molecular complexity index is 534. The highest BCUT2D eigenvalue weighted by Gasteiger charge is 2.11. The van der Waals surface area contributed by atoms with E-state index in [1.54, 1.807) is 0 Å². The van der Waals surface area contributed by atoms with Gasteiger partial charge in [0.1, 0.15) is 0 Å². The molecular formula is C14H18ClN3.